The lowest BCUT2D eigenvalue weighted by atomic mass is 10.1. The average Bonchev–Trinajstić information content (AvgIpc) is 2.20. The predicted octanol–water partition coefficient (Wildman–Crippen LogP) is 4.07. The highest BCUT2D eigenvalue weighted by molar-refractivity contribution is 9.10. The highest BCUT2D eigenvalue weighted by atomic mass is 79.9. The van der Waals surface area contributed by atoms with Crippen LogP contribution in [0.15, 0.2) is 22.7 Å². The van der Waals surface area contributed by atoms with Gasteiger partial charge in [0, 0.05) is 10.0 Å². The molecule has 2 nitrogen and oxygen atoms in total. The zero-order valence-electron chi connectivity index (χ0n) is 10.0. The number of halogens is 1. The lowest BCUT2D eigenvalue weighted by molar-refractivity contribution is 0.174. The number of hydrogen-bond donors (Lipinski definition) is 1. The Kier molecular flexibility index (Phi) is 5.29. The van der Waals surface area contributed by atoms with Crippen molar-refractivity contribution in [3.05, 3.63) is 28.2 Å². The summed E-state index contributed by atoms with van der Waals surface area (Å²) >= 11 is 3.39. The van der Waals surface area contributed by atoms with Gasteiger partial charge in [0.05, 0.1) is 12.2 Å². The molecule has 0 aliphatic carbocycles. The molecule has 0 heterocycles. The van der Waals surface area contributed by atoms with Crippen molar-refractivity contribution < 1.29 is 9.84 Å². The third-order valence-electron chi connectivity index (χ3n) is 2.45. The van der Waals surface area contributed by atoms with Crippen molar-refractivity contribution in [2.75, 3.05) is 0 Å². The largest absolute Gasteiger partial charge is 0.490 e. The fourth-order valence-electron chi connectivity index (χ4n) is 1.64. The third-order valence-corrected chi connectivity index (χ3v) is 2.94. The SMILES string of the molecule is CCCC(C)Oc1ccc(Br)cc1[C@@H](C)O. The molecule has 3 heteroatoms. The maximum Gasteiger partial charge on any atom is 0.125 e. The summed E-state index contributed by atoms with van der Waals surface area (Å²) in [6, 6.07) is 5.73. The zero-order chi connectivity index (χ0) is 12.1. The topological polar surface area (TPSA) is 29.5 Å². The average molecular weight is 287 g/mol. The van der Waals surface area contributed by atoms with Crippen molar-refractivity contribution in [2.45, 2.75) is 45.8 Å². The number of aliphatic hydroxyl groups is 1. The minimum Gasteiger partial charge on any atom is -0.490 e. The van der Waals surface area contributed by atoms with E-state index in [9.17, 15) is 5.11 Å². The first-order chi connectivity index (χ1) is 7.54. The van der Waals surface area contributed by atoms with Crippen LogP contribution in [0.3, 0.4) is 0 Å². The van der Waals surface area contributed by atoms with E-state index in [4.69, 9.17) is 4.74 Å². The summed E-state index contributed by atoms with van der Waals surface area (Å²) in [6.07, 6.45) is 1.79. The van der Waals surface area contributed by atoms with Crippen LogP contribution in [0.2, 0.25) is 0 Å². The fraction of sp³-hybridized carbons (Fsp3) is 0.538. The van der Waals surface area contributed by atoms with Gasteiger partial charge < -0.3 is 9.84 Å². The van der Waals surface area contributed by atoms with E-state index in [1.807, 2.05) is 18.2 Å². The van der Waals surface area contributed by atoms with Crippen molar-refractivity contribution in [3.63, 3.8) is 0 Å². The van der Waals surface area contributed by atoms with Gasteiger partial charge in [-0.15, -0.1) is 0 Å². The second-order valence-corrected chi connectivity index (χ2v) is 4.99. The minimum absolute atomic E-state index is 0.184. The molecule has 1 aromatic carbocycles. The minimum atomic E-state index is -0.513. The van der Waals surface area contributed by atoms with E-state index in [2.05, 4.69) is 29.8 Å². The Morgan fingerprint density at radius 1 is 1.38 bits per heavy atom. The smallest absolute Gasteiger partial charge is 0.125 e. The van der Waals surface area contributed by atoms with Crippen LogP contribution in [-0.4, -0.2) is 11.2 Å². The zero-order valence-corrected chi connectivity index (χ0v) is 11.6. The first kappa shape index (κ1) is 13.5. The van der Waals surface area contributed by atoms with Crippen LogP contribution in [0.5, 0.6) is 5.75 Å². The van der Waals surface area contributed by atoms with Crippen LogP contribution in [0, 0.1) is 0 Å². The fourth-order valence-corrected chi connectivity index (χ4v) is 2.01. The second-order valence-electron chi connectivity index (χ2n) is 4.08. The summed E-state index contributed by atoms with van der Waals surface area (Å²) in [5.41, 5.74) is 0.831. The molecule has 1 unspecified atom stereocenters. The van der Waals surface area contributed by atoms with Gasteiger partial charge in [-0.2, -0.15) is 0 Å². The molecule has 0 fully saturated rings. The molecule has 1 aromatic rings. The summed E-state index contributed by atoms with van der Waals surface area (Å²) in [7, 11) is 0. The summed E-state index contributed by atoms with van der Waals surface area (Å²) in [5.74, 6) is 0.777. The molecule has 2 atom stereocenters. The van der Waals surface area contributed by atoms with Crippen LogP contribution < -0.4 is 4.74 Å². The summed E-state index contributed by atoms with van der Waals surface area (Å²) in [4.78, 5) is 0. The number of rotatable bonds is 5. The van der Waals surface area contributed by atoms with Crippen LogP contribution >= 0.6 is 15.9 Å². The molecule has 0 saturated carbocycles. The first-order valence-corrected chi connectivity index (χ1v) is 6.48. The monoisotopic (exact) mass is 286 g/mol. The lowest BCUT2D eigenvalue weighted by Crippen LogP contribution is -2.12. The Bertz CT molecular complexity index is 337. The summed E-state index contributed by atoms with van der Waals surface area (Å²) in [5, 5.41) is 9.67. The molecule has 0 aromatic heterocycles. The predicted molar refractivity (Wildman–Crippen MR) is 69.8 cm³/mol. The van der Waals surface area contributed by atoms with Gasteiger partial charge in [-0.25, -0.2) is 0 Å². The van der Waals surface area contributed by atoms with Crippen LogP contribution in [0.1, 0.15) is 45.3 Å². The molecule has 0 spiro atoms. The number of benzene rings is 1. The van der Waals surface area contributed by atoms with Crippen LogP contribution in [0.4, 0.5) is 0 Å². The first-order valence-electron chi connectivity index (χ1n) is 5.68. The lowest BCUT2D eigenvalue weighted by Gasteiger charge is -2.18. The van der Waals surface area contributed by atoms with Gasteiger partial charge in [0.2, 0.25) is 0 Å². The summed E-state index contributed by atoms with van der Waals surface area (Å²) < 4.78 is 6.78. The van der Waals surface area contributed by atoms with Crippen molar-refractivity contribution in [1.29, 1.82) is 0 Å². The molecular formula is C13H19BrO2. The molecule has 0 aliphatic heterocycles. The molecule has 1 N–H and O–H groups in total. The van der Waals surface area contributed by atoms with Gasteiger partial charge in [-0.05, 0) is 38.5 Å². The quantitative estimate of drug-likeness (QED) is 0.884. The molecule has 0 radical (unpaired) electrons. The van der Waals surface area contributed by atoms with Gasteiger partial charge in [-0.3, -0.25) is 0 Å². The van der Waals surface area contributed by atoms with Crippen molar-refractivity contribution in [2.24, 2.45) is 0 Å². The van der Waals surface area contributed by atoms with E-state index in [1.54, 1.807) is 6.92 Å². The van der Waals surface area contributed by atoms with Crippen LogP contribution in [-0.2, 0) is 0 Å². The molecule has 0 amide bonds. The molecule has 1 rings (SSSR count). The van der Waals surface area contributed by atoms with Crippen LogP contribution in [0.25, 0.3) is 0 Å². The molecule has 16 heavy (non-hydrogen) atoms. The molecule has 0 bridgehead atoms. The van der Waals surface area contributed by atoms with E-state index < -0.39 is 6.10 Å². The summed E-state index contributed by atoms with van der Waals surface area (Å²) in [6.45, 7) is 5.94. The second kappa shape index (κ2) is 6.26. The Hall–Kier alpha value is -0.540. The maximum atomic E-state index is 9.67. The molecule has 0 saturated heterocycles. The highest BCUT2D eigenvalue weighted by Crippen LogP contribution is 2.29. The van der Waals surface area contributed by atoms with Gasteiger partial charge in [0.1, 0.15) is 5.75 Å². The van der Waals surface area contributed by atoms with E-state index >= 15 is 0 Å². The van der Waals surface area contributed by atoms with Crippen molar-refractivity contribution in [3.8, 4) is 5.75 Å². The van der Waals surface area contributed by atoms with Gasteiger partial charge >= 0.3 is 0 Å². The van der Waals surface area contributed by atoms with E-state index in [0.29, 0.717) is 0 Å². The molecule has 0 aliphatic rings. The third kappa shape index (κ3) is 3.80. The van der Waals surface area contributed by atoms with Crippen molar-refractivity contribution >= 4 is 15.9 Å². The number of hydrogen-bond acceptors (Lipinski definition) is 2. The maximum absolute atomic E-state index is 9.67. The number of aliphatic hydroxyl groups excluding tert-OH is 1. The Labute approximate surface area is 106 Å². The highest BCUT2D eigenvalue weighted by Gasteiger charge is 2.12. The van der Waals surface area contributed by atoms with E-state index in [0.717, 1.165) is 28.6 Å². The Balaban J connectivity index is 2.86. The van der Waals surface area contributed by atoms with E-state index in [1.165, 1.54) is 0 Å². The standard InChI is InChI=1S/C13H19BrO2/c1-4-5-9(2)16-13-7-6-11(14)8-12(13)10(3)15/h6-10,15H,4-5H2,1-3H3/t9?,10-/m1/s1. The number of ether oxygens (including phenoxy) is 1. The van der Waals surface area contributed by atoms with Gasteiger partial charge in [-0.1, -0.05) is 29.3 Å². The van der Waals surface area contributed by atoms with Crippen molar-refractivity contribution in [1.82, 2.24) is 0 Å². The normalized spacial score (nSPS) is 14.6. The van der Waals surface area contributed by atoms with Gasteiger partial charge in [0.25, 0.3) is 0 Å². The Morgan fingerprint density at radius 2 is 2.06 bits per heavy atom. The Morgan fingerprint density at radius 3 is 2.62 bits per heavy atom. The molecule has 90 valence electrons. The van der Waals surface area contributed by atoms with Gasteiger partial charge in [0.15, 0.2) is 0 Å². The van der Waals surface area contributed by atoms with E-state index in [-0.39, 0.29) is 6.10 Å². The molecular weight excluding hydrogens is 268 g/mol.